The van der Waals surface area contributed by atoms with Crippen LogP contribution < -0.4 is 27.0 Å². The Bertz CT molecular complexity index is 3350. The zero-order valence-electron chi connectivity index (χ0n) is 69.5. The number of hydrogen-bond donors (Lipinski definition) is 10. The lowest BCUT2D eigenvalue weighted by atomic mass is 9.79. The summed E-state index contributed by atoms with van der Waals surface area (Å²) in [6.45, 7) is 9.29. The first-order chi connectivity index (χ1) is 56.3. The molecule has 1 saturated heterocycles. The van der Waals surface area contributed by atoms with Crippen molar-refractivity contribution in [3.8, 4) is 0 Å². The second-order valence-corrected chi connectivity index (χ2v) is 29.2. The predicted molar refractivity (Wildman–Crippen MR) is 430 cm³/mol. The molecular weight excluding hydrogens is 1700 g/mol. The number of hydroxylamine groups is 1. The number of likely N-dealkylation sites (tertiary alicyclic amines) is 1. The molecule has 0 spiro atoms. The SMILES string of the molecule is CCC(=O)C1CCC(CN2C(=O)CC(SCCNC(=O)CCCC(=O)OCC(OC)OC(CO)OC)C2=O)CC1.CCC(CO)OC(CO)OC.CCC(CO)OC(COC(=O)CCCC(=O)N[C@@H](C)C(=O)OCCONC(=O)c1cc(C)c(=O)n(C)c1Nc1ccc(I)cc1F)OC.CCC(CO)OC(COC(=O)CCCC(=O)O)OC. The highest BCUT2D eigenvalue weighted by Gasteiger charge is 2.40. The van der Waals surface area contributed by atoms with Crippen LogP contribution in [0.2, 0.25) is 0 Å². The third kappa shape index (κ3) is 45.0. The summed E-state index contributed by atoms with van der Waals surface area (Å²) in [4.78, 5) is 151. The van der Waals surface area contributed by atoms with Crippen molar-refractivity contribution in [1.82, 2.24) is 25.6 Å². The number of pyridine rings is 1. The van der Waals surface area contributed by atoms with Gasteiger partial charge in [0.2, 0.25) is 23.6 Å². The lowest BCUT2D eigenvalue weighted by Crippen LogP contribution is -2.40. The Morgan fingerprint density at radius 2 is 1.10 bits per heavy atom. The largest absolute Gasteiger partial charge is 0.481 e. The molecule has 38 nitrogen and oxygen atoms in total. The van der Waals surface area contributed by atoms with E-state index in [4.69, 9.17) is 91.9 Å². The number of halogens is 2. The van der Waals surface area contributed by atoms with E-state index in [1.807, 2.05) is 50.3 Å². The Hall–Kier alpha value is -7.05. The van der Waals surface area contributed by atoms with Gasteiger partial charge in [0, 0.05) is 128 Å². The van der Waals surface area contributed by atoms with Crippen molar-refractivity contribution in [2.45, 2.75) is 218 Å². The minimum absolute atomic E-state index is 0.00508. The number of aromatic nitrogens is 1. The van der Waals surface area contributed by atoms with Crippen LogP contribution in [0.1, 0.15) is 166 Å². The fourth-order valence-electron chi connectivity index (χ4n) is 10.8. The summed E-state index contributed by atoms with van der Waals surface area (Å²) < 4.78 is 82.4. The van der Waals surface area contributed by atoms with Gasteiger partial charge in [-0.2, -0.15) is 0 Å². The number of carboxylic acid groups (broad SMARTS) is 1. The summed E-state index contributed by atoms with van der Waals surface area (Å²) in [6.07, 6.45) is 1.69. The Morgan fingerprint density at radius 3 is 1.57 bits per heavy atom. The van der Waals surface area contributed by atoms with E-state index in [0.717, 1.165) is 25.7 Å². The standard InChI is InChI=1S/C31H42FIN4O11.C27H44N2O10S.C12H22O7.C7H16O4/c1-6-21(16-38)48-27(44-5)17-46-26(40)9-7-8-25(39)34-19(3)31(43)45-12-13-47-36-29(41)22-14-18(2)30(42)37(4)28(22)35-24-11-10-20(33)15-23(24)32;1-4-20(31)19-10-8-18(9-11-19)15-29-23(33)14-21(27(29)35)40-13-12-28-22(32)6-5-7-24(34)38-17-26(37-3)39-25(16-30)36-2;1-3-9(7-13)19-12(17-2)8-18-11(16)6-4-5-10(14)15;1-3-6(4-8)11-7(5-9)10-2/h10-11,14-15,19,21,27,35,38H,6-9,12-13,16-17H2,1-5H3,(H,34,39)(H,36,41);18-19,21,25-26,30H,4-17H2,1-3H3,(H,28,32);9,12-13H,3-8H2,1-2H3,(H,14,15);6-9H,3-5H2,1-2H3/t19-,21?,27?;;;/m0.../s1. The molecule has 10 N–H and O–H groups in total. The van der Waals surface area contributed by atoms with Crippen molar-refractivity contribution in [2.75, 3.05) is 126 Å². The second kappa shape index (κ2) is 63.9. The Labute approximate surface area is 705 Å². The molecule has 41 heteroatoms. The van der Waals surface area contributed by atoms with Crippen LogP contribution in [0.3, 0.4) is 0 Å². The van der Waals surface area contributed by atoms with E-state index < -0.39 is 96.3 Å². The van der Waals surface area contributed by atoms with E-state index in [1.165, 1.54) is 95.9 Å². The zero-order valence-corrected chi connectivity index (χ0v) is 72.5. The molecule has 0 bridgehead atoms. The van der Waals surface area contributed by atoms with Crippen LogP contribution in [-0.2, 0) is 121 Å². The molecular formula is C77H124FIN6O32S. The lowest BCUT2D eigenvalue weighted by Gasteiger charge is -2.30. The normalized spacial score (nSPS) is 16.7. The fraction of sp³-hybridized carbons (Fsp3) is 0.714. The molecule has 2 aliphatic rings. The highest BCUT2D eigenvalue weighted by molar-refractivity contribution is 14.1. The third-order valence-electron chi connectivity index (χ3n) is 17.8. The van der Waals surface area contributed by atoms with E-state index in [1.54, 1.807) is 6.07 Å². The average Bonchev–Trinajstić information content (AvgIpc) is 0.954. The lowest BCUT2D eigenvalue weighted by molar-refractivity contribution is -0.251. The van der Waals surface area contributed by atoms with Crippen LogP contribution in [0.5, 0.6) is 0 Å². The van der Waals surface area contributed by atoms with Gasteiger partial charge in [-0.15, -0.1) is 11.8 Å². The van der Waals surface area contributed by atoms with Gasteiger partial charge in [0.05, 0.1) is 67.8 Å². The topological polar surface area (TPSA) is 512 Å². The number of Topliss-reactive ketones (excluding diaryl/α,β-unsaturated/α-hetero) is 1. The number of aliphatic hydroxyl groups is 5. The number of aliphatic hydroxyl groups excluding tert-OH is 5. The van der Waals surface area contributed by atoms with Gasteiger partial charge in [-0.3, -0.25) is 67.0 Å². The Balaban J connectivity index is 0.000000886. The van der Waals surface area contributed by atoms with Gasteiger partial charge in [0.15, 0.2) is 31.5 Å². The number of nitrogens with zero attached hydrogens (tertiary/aromatic N) is 2. The number of thioether (sulfide) groups is 1. The zero-order chi connectivity index (χ0) is 88.7. The molecule has 2 heterocycles. The highest BCUT2D eigenvalue weighted by atomic mass is 127. The number of carbonyl (C=O) groups is 11. The summed E-state index contributed by atoms with van der Waals surface area (Å²) >= 11 is 3.32. The van der Waals surface area contributed by atoms with E-state index in [2.05, 4.69) is 21.4 Å². The van der Waals surface area contributed by atoms with Crippen LogP contribution in [0.15, 0.2) is 29.1 Å². The van der Waals surface area contributed by atoms with Gasteiger partial charge in [-0.1, -0.05) is 27.7 Å². The summed E-state index contributed by atoms with van der Waals surface area (Å²) in [5.74, 6) is -4.41. The number of hydrogen-bond acceptors (Lipinski definition) is 33. The minimum atomic E-state index is -0.999. The number of esters is 4. The molecule has 1 aliphatic carbocycles. The molecule has 1 aromatic heterocycles. The average molecular weight is 1820 g/mol. The number of aliphatic carboxylic acids is 1. The van der Waals surface area contributed by atoms with Gasteiger partial charge < -0.3 is 108 Å². The molecule has 5 amide bonds. The fourth-order valence-corrected chi connectivity index (χ4v) is 12.3. The first kappa shape index (κ1) is 109. The number of rotatable bonds is 56. The Morgan fingerprint density at radius 1 is 0.619 bits per heavy atom. The molecule has 118 heavy (non-hydrogen) atoms. The number of ketones is 1. The smallest absolute Gasteiger partial charge is 0.328 e. The number of aryl methyl sites for hydroxylation is 1. The van der Waals surface area contributed by atoms with Crippen molar-refractivity contribution in [3.05, 3.63) is 55.1 Å². The van der Waals surface area contributed by atoms with Crippen molar-refractivity contribution in [3.63, 3.8) is 0 Å². The first-order valence-electron chi connectivity index (χ1n) is 38.9. The Kier molecular flexibility index (Phi) is 59.0. The summed E-state index contributed by atoms with van der Waals surface area (Å²) in [5.41, 5.74) is 2.15. The van der Waals surface area contributed by atoms with Crippen molar-refractivity contribution < 1.29 is 154 Å². The number of anilines is 2. The molecule has 674 valence electrons. The number of ether oxygens (including phenoxy) is 13. The van der Waals surface area contributed by atoms with Crippen LogP contribution in [0.25, 0.3) is 0 Å². The maximum absolute atomic E-state index is 14.5. The third-order valence-corrected chi connectivity index (χ3v) is 19.7. The van der Waals surface area contributed by atoms with Gasteiger partial charge >= 0.3 is 29.8 Å². The predicted octanol–water partition coefficient (Wildman–Crippen LogP) is 4.06. The molecule has 10 atom stereocenters. The molecule has 1 saturated carbocycles. The first-order valence-corrected chi connectivity index (χ1v) is 41.0. The van der Waals surface area contributed by atoms with E-state index in [-0.39, 0.29) is 194 Å². The maximum Gasteiger partial charge on any atom is 0.328 e. The van der Waals surface area contributed by atoms with Gasteiger partial charge in [0.1, 0.15) is 56.5 Å². The number of benzene rings is 1. The number of carbonyl (C=O) groups excluding carboxylic acids is 10. The van der Waals surface area contributed by atoms with E-state index >= 15 is 0 Å². The van der Waals surface area contributed by atoms with Gasteiger partial charge in [-0.25, -0.2) is 14.7 Å². The van der Waals surface area contributed by atoms with Crippen LogP contribution in [0.4, 0.5) is 15.9 Å². The monoisotopic (exact) mass is 1820 g/mol. The summed E-state index contributed by atoms with van der Waals surface area (Å²) in [7, 11) is 8.41. The molecule has 0 radical (unpaired) electrons. The highest BCUT2D eigenvalue weighted by Crippen LogP contribution is 2.33. The second-order valence-electron chi connectivity index (χ2n) is 26.6. The molecule has 1 aromatic carbocycles. The molecule has 4 rings (SSSR count). The number of methoxy groups -OCH3 is 5. The summed E-state index contributed by atoms with van der Waals surface area (Å²) in [5, 5.41) is 60.6. The number of nitrogens with one attached hydrogen (secondary N) is 4. The van der Waals surface area contributed by atoms with Crippen LogP contribution >= 0.6 is 34.4 Å². The maximum atomic E-state index is 14.5. The molecule has 2 aromatic rings. The van der Waals surface area contributed by atoms with Gasteiger partial charge in [0.25, 0.3) is 11.5 Å². The van der Waals surface area contributed by atoms with Crippen LogP contribution in [0, 0.1) is 28.1 Å². The van der Waals surface area contributed by atoms with Crippen molar-refractivity contribution in [2.24, 2.45) is 18.9 Å². The molecule has 2 fully saturated rings. The van der Waals surface area contributed by atoms with E-state index in [9.17, 15) is 67.0 Å². The molecule has 1 aliphatic heterocycles. The number of amides is 5. The van der Waals surface area contributed by atoms with Crippen LogP contribution in [-0.4, -0.2) is 287 Å². The van der Waals surface area contributed by atoms with Gasteiger partial charge in [-0.05, 0) is 131 Å². The minimum Gasteiger partial charge on any atom is -0.481 e. The quantitative estimate of drug-likeness (QED) is 0.00849. The number of imide groups is 1. The summed E-state index contributed by atoms with van der Waals surface area (Å²) in [6, 6.07) is 4.78. The van der Waals surface area contributed by atoms with E-state index in [0.29, 0.717) is 60.3 Å². The molecule has 9 unspecified atom stereocenters. The van der Waals surface area contributed by atoms with Crippen molar-refractivity contribution >= 4 is 111 Å². The van der Waals surface area contributed by atoms with Crippen molar-refractivity contribution in [1.29, 1.82) is 0 Å². The number of carboxylic acids is 1.